The normalized spacial score (nSPS) is 17.6. The summed E-state index contributed by atoms with van der Waals surface area (Å²) in [6, 6.07) is 22.3. The molecule has 0 spiro atoms. The van der Waals surface area contributed by atoms with E-state index < -0.39 is 11.9 Å². The molecule has 1 fully saturated rings. The Morgan fingerprint density at radius 2 is 1.52 bits per heavy atom. The molecule has 2 aliphatic rings. The van der Waals surface area contributed by atoms with Crippen LogP contribution in [0, 0.1) is 12.8 Å². The van der Waals surface area contributed by atoms with Gasteiger partial charge in [-0.05, 0) is 93.3 Å². The SMILES string of the molecule is CC1=N[N+](C)(c2ccc(Cl)cc2)C=C1C(=O)O.Cc1nn(-c2ccc(Cl)cc2)cc1C(Nc1ccc(C(=O)NCCC(=O)O)cc1)C1CCCCC1. The molecule has 1 saturated carbocycles. The zero-order valence-corrected chi connectivity index (χ0v) is 30.9. The molecule has 52 heavy (non-hydrogen) atoms. The molecular formula is C39H43Cl2N6O5+. The van der Waals surface area contributed by atoms with Crippen LogP contribution >= 0.6 is 23.2 Å². The third-order valence-corrected chi connectivity index (χ3v) is 9.79. The lowest BCUT2D eigenvalue weighted by Gasteiger charge is -2.31. The van der Waals surface area contributed by atoms with Crippen LogP contribution in [0.5, 0.6) is 0 Å². The molecule has 4 aromatic rings. The number of carbonyl (C=O) groups excluding carboxylic acids is 1. The van der Waals surface area contributed by atoms with Crippen LogP contribution < -0.4 is 15.2 Å². The fraction of sp³-hybridized carbons (Fsp3) is 0.308. The highest BCUT2D eigenvalue weighted by Gasteiger charge is 2.34. The second-order valence-corrected chi connectivity index (χ2v) is 14.0. The molecule has 1 amide bonds. The van der Waals surface area contributed by atoms with Crippen molar-refractivity contribution in [2.45, 2.75) is 58.4 Å². The van der Waals surface area contributed by atoms with Gasteiger partial charge in [0.15, 0.2) is 5.69 Å². The van der Waals surface area contributed by atoms with Crippen LogP contribution in [0.4, 0.5) is 11.4 Å². The summed E-state index contributed by atoms with van der Waals surface area (Å²) in [5.74, 6) is -1.68. The second kappa shape index (κ2) is 17.0. The topological polar surface area (TPSA) is 146 Å². The van der Waals surface area contributed by atoms with E-state index in [1.165, 1.54) is 24.8 Å². The lowest BCUT2D eigenvalue weighted by molar-refractivity contribution is -0.137. The van der Waals surface area contributed by atoms with Crippen molar-refractivity contribution in [1.82, 2.24) is 19.7 Å². The predicted octanol–water partition coefficient (Wildman–Crippen LogP) is 8.41. The van der Waals surface area contributed by atoms with Crippen molar-refractivity contribution < 1.29 is 24.6 Å². The van der Waals surface area contributed by atoms with Crippen molar-refractivity contribution >= 4 is 58.1 Å². The third-order valence-electron chi connectivity index (χ3n) is 9.29. The van der Waals surface area contributed by atoms with Gasteiger partial charge in [-0.25, -0.2) is 9.48 Å². The van der Waals surface area contributed by atoms with Crippen molar-refractivity contribution in [2.24, 2.45) is 11.0 Å². The number of aromatic nitrogens is 2. The first-order valence-corrected chi connectivity index (χ1v) is 17.9. The van der Waals surface area contributed by atoms with Crippen LogP contribution in [0.15, 0.2) is 95.9 Å². The maximum absolute atomic E-state index is 12.3. The zero-order valence-electron chi connectivity index (χ0n) is 29.4. The van der Waals surface area contributed by atoms with E-state index in [4.69, 9.17) is 38.5 Å². The molecule has 2 heterocycles. The Labute approximate surface area is 313 Å². The molecule has 1 aliphatic heterocycles. The highest BCUT2D eigenvalue weighted by molar-refractivity contribution is 6.31. The van der Waals surface area contributed by atoms with E-state index in [1.54, 1.807) is 37.4 Å². The van der Waals surface area contributed by atoms with Crippen molar-refractivity contribution in [3.63, 3.8) is 0 Å². The zero-order chi connectivity index (χ0) is 37.4. The lowest BCUT2D eigenvalue weighted by atomic mass is 9.81. The molecular weight excluding hydrogens is 703 g/mol. The number of nitrogens with zero attached hydrogens (tertiary/aromatic N) is 4. The average Bonchev–Trinajstić information content (AvgIpc) is 3.67. The number of quaternary nitrogens is 1. The van der Waals surface area contributed by atoms with E-state index in [-0.39, 0.29) is 35.1 Å². The molecule has 0 radical (unpaired) electrons. The molecule has 4 N–H and O–H groups in total. The lowest BCUT2D eigenvalue weighted by Crippen LogP contribution is -2.30. The Morgan fingerprint density at radius 3 is 2.10 bits per heavy atom. The highest BCUT2D eigenvalue weighted by atomic mass is 35.5. The van der Waals surface area contributed by atoms with Gasteiger partial charge in [-0.3, -0.25) is 9.59 Å². The van der Waals surface area contributed by atoms with Crippen LogP contribution in [0.3, 0.4) is 0 Å². The molecule has 2 unspecified atom stereocenters. The van der Waals surface area contributed by atoms with E-state index in [0.29, 0.717) is 27.2 Å². The standard InChI is InChI=1S/C27H31ClN4O3.C12H11ClN2O2/c1-18-24(17-32(31-18)23-13-9-21(28)10-14-23)26(19-5-3-2-4-6-19)30-22-11-7-20(8-12-22)27(35)29-16-15-25(33)34;1-8-11(12(16)17)7-15(2,14-8)10-5-3-9(13)4-6-10/h7-14,17,19,26,30H,2-6,15-16H2,1H3,(H,29,35)(H,33,34);3-7H,1-2H3/p+1. The second-order valence-electron chi connectivity index (χ2n) is 13.1. The van der Waals surface area contributed by atoms with Gasteiger partial charge in [-0.2, -0.15) is 5.10 Å². The minimum absolute atomic E-state index is 0.0997. The van der Waals surface area contributed by atoms with Gasteiger partial charge < -0.3 is 20.8 Å². The number of halogens is 2. The number of amides is 1. The number of benzene rings is 3. The quantitative estimate of drug-likeness (QED) is 0.113. The van der Waals surface area contributed by atoms with Crippen molar-refractivity contribution in [2.75, 3.05) is 18.9 Å². The van der Waals surface area contributed by atoms with Crippen molar-refractivity contribution in [3.8, 4) is 5.69 Å². The van der Waals surface area contributed by atoms with Gasteiger partial charge in [0.05, 0.1) is 23.8 Å². The number of rotatable bonds is 11. The Bertz CT molecular complexity index is 1950. The number of carbonyl (C=O) groups is 3. The summed E-state index contributed by atoms with van der Waals surface area (Å²) in [5.41, 5.74) is 6.18. The Balaban J connectivity index is 0.000000257. The first kappa shape index (κ1) is 38.3. The first-order chi connectivity index (χ1) is 24.8. The number of aliphatic carboxylic acids is 2. The molecule has 272 valence electrons. The van der Waals surface area contributed by atoms with Gasteiger partial charge in [0.1, 0.15) is 24.5 Å². The van der Waals surface area contributed by atoms with Gasteiger partial charge in [0, 0.05) is 51.7 Å². The van der Waals surface area contributed by atoms with Crippen LogP contribution in [-0.2, 0) is 9.59 Å². The predicted molar refractivity (Wildman–Crippen MR) is 205 cm³/mol. The number of carboxylic acids is 2. The number of anilines is 1. The summed E-state index contributed by atoms with van der Waals surface area (Å²) in [4.78, 5) is 34.0. The maximum Gasteiger partial charge on any atom is 0.343 e. The fourth-order valence-electron chi connectivity index (χ4n) is 6.53. The Hall–Kier alpha value is -4.97. The van der Waals surface area contributed by atoms with Crippen LogP contribution in [0.1, 0.15) is 73.1 Å². The maximum atomic E-state index is 12.3. The molecule has 1 aromatic heterocycles. The summed E-state index contributed by atoms with van der Waals surface area (Å²) < 4.78 is 2.01. The molecule has 2 atom stereocenters. The van der Waals surface area contributed by atoms with Gasteiger partial charge in [0.2, 0.25) is 0 Å². The number of carboxylic acid groups (broad SMARTS) is 2. The average molecular weight is 747 g/mol. The van der Waals surface area contributed by atoms with E-state index >= 15 is 0 Å². The van der Waals surface area contributed by atoms with E-state index in [9.17, 15) is 14.4 Å². The molecule has 13 heteroatoms. The summed E-state index contributed by atoms with van der Waals surface area (Å²) in [7, 11) is 1.82. The molecule has 3 aromatic carbocycles. The molecule has 0 saturated heterocycles. The van der Waals surface area contributed by atoms with Crippen molar-refractivity contribution in [1.29, 1.82) is 0 Å². The van der Waals surface area contributed by atoms with Gasteiger partial charge in [-0.1, -0.05) is 47.6 Å². The number of aryl methyl sites for hydroxylation is 1. The molecule has 1 aliphatic carbocycles. The van der Waals surface area contributed by atoms with Gasteiger partial charge in [0.25, 0.3) is 5.91 Å². The number of hydrogen-bond acceptors (Lipinski definition) is 6. The smallest absolute Gasteiger partial charge is 0.343 e. The monoisotopic (exact) mass is 745 g/mol. The molecule has 6 rings (SSSR count). The van der Waals surface area contributed by atoms with Crippen molar-refractivity contribution in [3.05, 3.63) is 118 Å². The third kappa shape index (κ3) is 9.67. The van der Waals surface area contributed by atoms with E-state index in [0.717, 1.165) is 35.6 Å². The van der Waals surface area contributed by atoms with E-state index in [1.807, 2.05) is 67.2 Å². The number of hydrogen-bond donors (Lipinski definition) is 4. The van der Waals surface area contributed by atoms with Crippen LogP contribution in [-0.4, -0.2) is 57.1 Å². The van der Waals surface area contributed by atoms with Gasteiger partial charge >= 0.3 is 11.9 Å². The first-order valence-electron chi connectivity index (χ1n) is 17.2. The van der Waals surface area contributed by atoms with Gasteiger partial charge in [-0.15, -0.1) is 4.59 Å². The molecule has 11 nitrogen and oxygen atoms in total. The minimum Gasteiger partial charge on any atom is -0.481 e. The van der Waals surface area contributed by atoms with Crippen LogP contribution in [0.25, 0.3) is 5.69 Å². The summed E-state index contributed by atoms with van der Waals surface area (Å²) >= 11 is 11.9. The Morgan fingerprint density at radius 1 is 0.904 bits per heavy atom. The highest BCUT2D eigenvalue weighted by Crippen LogP contribution is 2.38. The molecule has 0 bridgehead atoms. The minimum atomic E-state index is -0.956. The largest absolute Gasteiger partial charge is 0.481 e. The summed E-state index contributed by atoms with van der Waals surface area (Å²) in [5, 5.41) is 34.6. The van der Waals surface area contributed by atoms with E-state index in [2.05, 4.69) is 21.9 Å². The number of nitrogens with one attached hydrogen (secondary N) is 2. The summed E-state index contributed by atoms with van der Waals surface area (Å²) in [6.07, 6.45) is 9.66. The Kier molecular flexibility index (Phi) is 12.5. The fourth-order valence-corrected chi connectivity index (χ4v) is 6.78. The van der Waals surface area contributed by atoms with Crippen LogP contribution in [0.2, 0.25) is 10.0 Å². The summed E-state index contributed by atoms with van der Waals surface area (Å²) in [6.45, 7) is 3.85.